The molecule has 1 aromatic rings. The van der Waals surface area contributed by atoms with Crippen LogP contribution in [0.25, 0.3) is 6.08 Å². The first-order valence-corrected chi connectivity index (χ1v) is 8.69. The molecule has 1 heterocycles. The molecule has 0 unspecified atom stereocenters. The number of carbonyl (C=O) groups is 3. The van der Waals surface area contributed by atoms with Gasteiger partial charge in [-0.1, -0.05) is 6.07 Å². The topological polar surface area (TPSA) is 66.9 Å². The van der Waals surface area contributed by atoms with Gasteiger partial charge >= 0.3 is 5.97 Å². The lowest BCUT2D eigenvalue weighted by molar-refractivity contribution is -0.148. The largest absolute Gasteiger partial charge is 0.467 e. The third-order valence-corrected chi connectivity index (χ3v) is 5.02. The molecule has 2 amide bonds. The lowest BCUT2D eigenvalue weighted by Crippen LogP contribution is -2.42. The van der Waals surface area contributed by atoms with Crippen LogP contribution in [0.1, 0.15) is 12.5 Å². The van der Waals surface area contributed by atoms with Gasteiger partial charge in [-0.05, 0) is 58.4 Å². The number of esters is 1. The molecule has 0 N–H and O–H groups in total. The second kappa shape index (κ2) is 7.40. The van der Waals surface area contributed by atoms with Crippen LogP contribution in [0.3, 0.4) is 0 Å². The molecule has 1 aliphatic rings. The van der Waals surface area contributed by atoms with E-state index >= 15 is 0 Å². The monoisotopic (exact) mass is 412 g/mol. The van der Waals surface area contributed by atoms with Crippen molar-refractivity contribution in [1.82, 2.24) is 4.90 Å². The first-order valence-electron chi connectivity index (χ1n) is 7.08. The molecule has 1 atom stereocenters. The summed E-state index contributed by atoms with van der Waals surface area (Å²) >= 11 is 4.30. The van der Waals surface area contributed by atoms with Crippen molar-refractivity contribution in [2.45, 2.75) is 13.0 Å². The van der Waals surface area contributed by atoms with Crippen molar-refractivity contribution in [2.24, 2.45) is 0 Å². The van der Waals surface area contributed by atoms with Gasteiger partial charge in [-0.15, -0.1) is 0 Å². The summed E-state index contributed by atoms with van der Waals surface area (Å²) < 4.78 is 5.48. The Morgan fingerprint density at radius 3 is 2.58 bits per heavy atom. The van der Waals surface area contributed by atoms with E-state index in [-0.39, 0.29) is 4.91 Å². The first kappa shape index (κ1) is 18.5. The molecule has 0 bridgehead atoms. The van der Waals surface area contributed by atoms with E-state index < -0.39 is 23.2 Å². The Morgan fingerprint density at radius 1 is 1.38 bits per heavy atom. The molecule has 0 spiro atoms. The van der Waals surface area contributed by atoms with E-state index in [4.69, 9.17) is 0 Å². The van der Waals surface area contributed by atoms with Gasteiger partial charge in [0.1, 0.15) is 6.04 Å². The molecule has 1 fully saturated rings. The number of amides is 2. The summed E-state index contributed by atoms with van der Waals surface area (Å²) in [5, 5.41) is -0.479. The fourth-order valence-corrected chi connectivity index (χ4v) is 3.88. The number of ether oxygens (including phenoxy) is 1. The van der Waals surface area contributed by atoms with Crippen LogP contribution < -0.4 is 4.90 Å². The number of anilines is 1. The predicted molar refractivity (Wildman–Crippen MR) is 97.8 cm³/mol. The highest BCUT2D eigenvalue weighted by Crippen LogP contribution is 2.35. The average molecular weight is 413 g/mol. The number of benzene rings is 1. The molecule has 0 saturated carbocycles. The second-order valence-corrected chi connectivity index (χ2v) is 7.20. The van der Waals surface area contributed by atoms with E-state index in [0.717, 1.165) is 32.4 Å². The summed E-state index contributed by atoms with van der Waals surface area (Å²) in [6.45, 7) is 1.47. The van der Waals surface area contributed by atoms with Gasteiger partial charge in [-0.3, -0.25) is 14.5 Å². The molecule has 1 aromatic carbocycles. The van der Waals surface area contributed by atoms with Crippen LogP contribution in [-0.2, 0) is 14.3 Å². The third-order valence-electron chi connectivity index (χ3n) is 3.50. The van der Waals surface area contributed by atoms with Gasteiger partial charge in [0.15, 0.2) is 0 Å². The molecule has 6 nitrogen and oxygen atoms in total. The second-order valence-electron chi connectivity index (χ2n) is 5.36. The van der Waals surface area contributed by atoms with Crippen molar-refractivity contribution >= 4 is 56.6 Å². The molecule has 0 aliphatic carbocycles. The maximum Gasteiger partial charge on any atom is 0.328 e. The molecular weight excluding hydrogens is 396 g/mol. The van der Waals surface area contributed by atoms with Crippen molar-refractivity contribution < 1.29 is 19.1 Å². The van der Waals surface area contributed by atoms with Crippen LogP contribution in [0.15, 0.2) is 27.6 Å². The van der Waals surface area contributed by atoms with Gasteiger partial charge in [0.25, 0.3) is 11.1 Å². The molecular formula is C16H17BrN2O4S. The van der Waals surface area contributed by atoms with Crippen molar-refractivity contribution in [3.8, 4) is 0 Å². The van der Waals surface area contributed by atoms with E-state index in [9.17, 15) is 14.4 Å². The van der Waals surface area contributed by atoms with Crippen molar-refractivity contribution in [3.63, 3.8) is 0 Å². The molecule has 0 radical (unpaired) electrons. The average Bonchev–Trinajstić information content (AvgIpc) is 2.79. The lowest BCUT2D eigenvalue weighted by atomic mass is 10.1. The van der Waals surface area contributed by atoms with E-state index in [2.05, 4.69) is 20.7 Å². The summed E-state index contributed by atoms with van der Waals surface area (Å²) in [6.07, 6.45) is 1.64. The minimum absolute atomic E-state index is 0.278. The zero-order chi connectivity index (χ0) is 18.0. The normalized spacial score (nSPS) is 17.4. The van der Waals surface area contributed by atoms with E-state index in [1.807, 2.05) is 37.2 Å². The Balaban J connectivity index is 2.29. The number of thioether (sulfide) groups is 1. The zero-order valence-corrected chi connectivity index (χ0v) is 16.1. The fraction of sp³-hybridized carbons (Fsp3) is 0.312. The minimum atomic E-state index is -0.948. The molecule has 128 valence electrons. The Bertz CT molecular complexity index is 733. The molecule has 1 aliphatic heterocycles. The maximum absolute atomic E-state index is 12.4. The number of imide groups is 1. The van der Waals surface area contributed by atoms with Gasteiger partial charge < -0.3 is 9.64 Å². The van der Waals surface area contributed by atoms with Gasteiger partial charge in [0.05, 0.1) is 17.7 Å². The van der Waals surface area contributed by atoms with Crippen LogP contribution in [-0.4, -0.2) is 49.3 Å². The predicted octanol–water partition coefficient (Wildman–Crippen LogP) is 3.11. The number of hydrogen-bond donors (Lipinski definition) is 0. The van der Waals surface area contributed by atoms with Crippen LogP contribution in [0, 0.1) is 0 Å². The van der Waals surface area contributed by atoms with E-state index in [1.165, 1.54) is 14.0 Å². The molecule has 8 heteroatoms. The number of rotatable bonds is 4. The van der Waals surface area contributed by atoms with Crippen LogP contribution in [0.2, 0.25) is 0 Å². The number of hydrogen-bond acceptors (Lipinski definition) is 6. The quantitative estimate of drug-likeness (QED) is 0.558. The molecule has 24 heavy (non-hydrogen) atoms. The lowest BCUT2D eigenvalue weighted by Gasteiger charge is -2.18. The Hall–Kier alpha value is -1.80. The number of carbonyl (C=O) groups excluding carboxylic acids is 3. The minimum Gasteiger partial charge on any atom is -0.467 e. The third kappa shape index (κ3) is 3.64. The molecule has 2 rings (SSSR count). The SMILES string of the molecule is COC(=O)[C@H](C)N1C(=O)S/C(=C/c2ccc(N(C)C)c(Br)c2)C1=O. The van der Waals surface area contributed by atoms with Crippen LogP contribution in [0.5, 0.6) is 0 Å². The molecule has 1 saturated heterocycles. The van der Waals surface area contributed by atoms with Crippen molar-refractivity contribution in [1.29, 1.82) is 0 Å². The Kier molecular flexibility index (Phi) is 5.71. The number of nitrogens with zero attached hydrogens (tertiary/aromatic N) is 2. The zero-order valence-electron chi connectivity index (χ0n) is 13.7. The summed E-state index contributed by atoms with van der Waals surface area (Å²) in [4.78, 5) is 39.2. The summed E-state index contributed by atoms with van der Waals surface area (Å²) in [6, 6.07) is 4.69. The Morgan fingerprint density at radius 2 is 2.04 bits per heavy atom. The van der Waals surface area contributed by atoms with Crippen molar-refractivity contribution in [2.75, 3.05) is 26.1 Å². The van der Waals surface area contributed by atoms with Gasteiger partial charge in [0, 0.05) is 18.6 Å². The summed E-state index contributed by atoms with van der Waals surface area (Å²) in [7, 11) is 5.08. The van der Waals surface area contributed by atoms with Crippen LogP contribution >= 0.6 is 27.7 Å². The standard InChI is InChI=1S/C16H17BrN2O4S/c1-9(15(21)23-4)19-14(20)13(24-16(19)22)8-10-5-6-12(18(2)3)11(17)7-10/h5-9H,1-4H3/b13-8+/t9-/m0/s1. The van der Waals surface area contributed by atoms with Gasteiger partial charge in [-0.25, -0.2) is 4.79 Å². The summed E-state index contributed by atoms with van der Waals surface area (Å²) in [5.74, 6) is -1.12. The highest BCUT2D eigenvalue weighted by molar-refractivity contribution is 9.10. The maximum atomic E-state index is 12.4. The Labute approximate surface area is 152 Å². The highest BCUT2D eigenvalue weighted by atomic mass is 79.9. The van der Waals surface area contributed by atoms with Crippen LogP contribution in [0.4, 0.5) is 10.5 Å². The summed E-state index contributed by atoms with van der Waals surface area (Å²) in [5.41, 5.74) is 1.78. The van der Waals surface area contributed by atoms with Gasteiger partial charge in [0.2, 0.25) is 0 Å². The van der Waals surface area contributed by atoms with Crippen molar-refractivity contribution in [3.05, 3.63) is 33.1 Å². The molecule has 0 aromatic heterocycles. The highest BCUT2D eigenvalue weighted by Gasteiger charge is 2.41. The van der Waals surface area contributed by atoms with E-state index in [1.54, 1.807) is 6.08 Å². The van der Waals surface area contributed by atoms with Gasteiger partial charge in [-0.2, -0.15) is 0 Å². The number of methoxy groups -OCH3 is 1. The first-order chi connectivity index (χ1) is 11.3. The fourth-order valence-electron chi connectivity index (χ4n) is 2.22. The van der Waals surface area contributed by atoms with E-state index in [0.29, 0.717) is 0 Å². The smallest absolute Gasteiger partial charge is 0.328 e. The number of halogens is 1.